The number of thiophene rings is 1. The van der Waals surface area contributed by atoms with E-state index >= 15 is 0 Å². The highest BCUT2D eigenvalue weighted by Gasteiger charge is 2.19. The lowest BCUT2D eigenvalue weighted by Gasteiger charge is -2.26. The van der Waals surface area contributed by atoms with Gasteiger partial charge >= 0.3 is 0 Å². The summed E-state index contributed by atoms with van der Waals surface area (Å²) >= 11 is 1.86. The number of nitrogens with zero attached hydrogens (tertiary/aromatic N) is 3. The lowest BCUT2D eigenvalue weighted by atomic mass is 9.97. The number of aryl methyl sites for hydroxylation is 2. The van der Waals surface area contributed by atoms with Crippen molar-refractivity contribution in [3.8, 4) is 0 Å². The monoisotopic (exact) mass is 332 g/mol. The number of anilines is 1. The van der Waals surface area contributed by atoms with Crippen LogP contribution in [0.25, 0.3) is 10.2 Å². The number of morpholine rings is 1. The molecular weight excluding hydrogens is 308 g/mol. The third-order valence-electron chi connectivity index (χ3n) is 4.80. The fourth-order valence-corrected chi connectivity index (χ4v) is 4.79. The van der Waals surface area contributed by atoms with Gasteiger partial charge in [0.2, 0.25) is 0 Å². The summed E-state index contributed by atoms with van der Waals surface area (Å²) in [6.45, 7) is 5.98. The van der Waals surface area contributed by atoms with Crippen LogP contribution in [0.2, 0.25) is 0 Å². The second-order valence-corrected chi connectivity index (χ2v) is 7.43. The second kappa shape index (κ2) is 7.11. The number of fused-ring (bicyclic) bond motifs is 3. The molecule has 4 rings (SSSR count). The first-order valence-electron chi connectivity index (χ1n) is 8.71. The molecule has 1 fully saturated rings. The molecule has 1 saturated heterocycles. The molecule has 0 atom stereocenters. The van der Waals surface area contributed by atoms with Gasteiger partial charge in [-0.1, -0.05) is 0 Å². The molecular formula is C17H24N4OS. The smallest absolute Gasteiger partial charge is 0.138 e. The molecule has 0 aromatic carbocycles. The minimum Gasteiger partial charge on any atom is -0.379 e. The van der Waals surface area contributed by atoms with Crippen LogP contribution in [0.5, 0.6) is 0 Å². The topological polar surface area (TPSA) is 50.3 Å². The van der Waals surface area contributed by atoms with Gasteiger partial charge in [-0.2, -0.15) is 0 Å². The number of nitrogens with one attached hydrogen (secondary N) is 1. The second-order valence-electron chi connectivity index (χ2n) is 6.35. The molecule has 1 N–H and O–H groups in total. The molecule has 124 valence electrons. The molecule has 3 heterocycles. The van der Waals surface area contributed by atoms with Crippen molar-refractivity contribution in [2.45, 2.75) is 32.1 Å². The van der Waals surface area contributed by atoms with E-state index in [-0.39, 0.29) is 0 Å². The molecule has 0 spiro atoms. The predicted molar refractivity (Wildman–Crippen MR) is 94.4 cm³/mol. The number of rotatable bonds is 5. The summed E-state index contributed by atoms with van der Waals surface area (Å²) in [4.78, 5) is 14.2. The molecule has 2 aromatic rings. The largest absolute Gasteiger partial charge is 0.379 e. The molecule has 1 aliphatic carbocycles. The van der Waals surface area contributed by atoms with Crippen molar-refractivity contribution >= 4 is 27.4 Å². The zero-order valence-electron chi connectivity index (χ0n) is 13.5. The lowest BCUT2D eigenvalue weighted by Crippen LogP contribution is -2.37. The highest BCUT2D eigenvalue weighted by Crippen LogP contribution is 2.37. The van der Waals surface area contributed by atoms with Gasteiger partial charge in [0.05, 0.1) is 18.6 Å². The Morgan fingerprint density at radius 3 is 2.96 bits per heavy atom. The van der Waals surface area contributed by atoms with Crippen LogP contribution in [0.3, 0.4) is 0 Å². The summed E-state index contributed by atoms with van der Waals surface area (Å²) in [5, 5.41) is 4.85. The van der Waals surface area contributed by atoms with E-state index in [9.17, 15) is 0 Å². The van der Waals surface area contributed by atoms with E-state index in [1.54, 1.807) is 6.33 Å². The van der Waals surface area contributed by atoms with Crippen LogP contribution >= 0.6 is 11.3 Å². The molecule has 0 unspecified atom stereocenters. The minimum absolute atomic E-state index is 0.876. The van der Waals surface area contributed by atoms with Gasteiger partial charge in [-0.25, -0.2) is 9.97 Å². The van der Waals surface area contributed by atoms with Gasteiger partial charge in [-0.3, -0.25) is 4.90 Å². The first kappa shape index (κ1) is 15.3. The van der Waals surface area contributed by atoms with E-state index in [1.807, 2.05) is 11.3 Å². The summed E-state index contributed by atoms with van der Waals surface area (Å²) in [7, 11) is 0. The Morgan fingerprint density at radius 2 is 2.04 bits per heavy atom. The lowest BCUT2D eigenvalue weighted by molar-refractivity contribution is 0.0378. The van der Waals surface area contributed by atoms with Crippen LogP contribution in [0.4, 0.5) is 5.82 Å². The van der Waals surface area contributed by atoms with Crippen LogP contribution in [-0.4, -0.2) is 54.3 Å². The fraction of sp³-hybridized carbons (Fsp3) is 0.647. The van der Waals surface area contributed by atoms with Crippen LogP contribution in [-0.2, 0) is 17.6 Å². The van der Waals surface area contributed by atoms with Crippen molar-refractivity contribution in [2.24, 2.45) is 0 Å². The van der Waals surface area contributed by atoms with Crippen molar-refractivity contribution in [1.29, 1.82) is 0 Å². The normalized spacial score (nSPS) is 19.0. The van der Waals surface area contributed by atoms with Gasteiger partial charge < -0.3 is 10.1 Å². The number of aromatic nitrogens is 2. The SMILES string of the molecule is c1nc(NCCCN2CCOCC2)c2c3c(sc2n1)CCCC3. The van der Waals surface area contributed by atoms with Crippen LogP contribution < -0.4 is 5.32 Å². The third-order valence-corrected chi connectivity index (χ3v) is 6.00. The Labute approximate surface area is 141 Å². The summed E-state index contributed by atoms with van der Waals surface area (Å²) in [6, 6.07) is 0. The molecule has 0 saturated carbocycles. The number of hydrogen-bond donors (Lipinski definition) is 1. The molecule has 2 aliphatic rings. The minimum atomic E-state index is 0.876. The highest BCUT2D eigenvalue weighted by atomic mass is 32.1. The molecule has 2 aromatic heterocycles. The Morgan fingerprint density at radius 1 is 1.17 bits per heavy atom. The Hall–Kier alpha value is -1.24. The van der Waals surface area contributed by atoms with Gasteiger partial charge in [-0.15, -0.1) is 11.3 Å². The first-order valence-corrected chi connectivity index (χ1v) is 9.53. The van der Waals surface area contributed by atoms with E-state index in [0.717, 1.165) is 56.5 Å². The zero-order chi connectivity index (χ0) is 15.5. The van der Waals surface area contributed by atoms with Gasteiger partial charge in [0.15, 0.2) is 0 Å². The summed E-state index contributed by atoms with van der Waals surface area (Å²) in [6.07, 6.45) is 7.85. The van der Waals surface area contributed by atoms with E-state index in [1.165, 1.54) is 41.5 Å². The maximum atomic E-state index is 5.39. The van der Waals surface area contributed by atoms with Crippen molar-refractivity contribution < 1.29 is 4.74 Å². The molecule has 0 amide bonds. The average molecular weight is 332 g/mol. The van der Waals surface area contributed by atoms with Crippen LogP contribution in [0.15, 0.2) is 6.33 Å². The number of hydrogen-bond acceptors (Lipinski definition) is 6. The third kappa shape index (κ3) is 3.34. The maximum Gasteiger partial charge on any atom is 0.138 e. The Balaban J connectivity index is 1.41. The predicted octanol–water partition coefficient (Wildman–Crippen LogP) is 2.70. The van der Waals surface area contributed by atoms with Crippen molar-refractivity contribution in [3.63, 3.8) is 0 Å². The van der Waals surface area contributed by atoms with Crippen molar-refractivity contribution in [3.05, 3.63) is 16.8 Å². The van der Waals surface area contributed by atoms with Gasteiger partial charge in [-0.05, 0) is 44.2 Å². The van der Waals surface area contributed by atoms with Gasteiger partial charge in [0.1, 0.15) is 17.0 Å². The van der Waals surface area contributed by atoms with Gasteiger partial charge in [0.25, 0.3) is 0 Å². The molecule has 23 heavy (non-hydrogen) atoms. The van der Waals surface area contributed by atoms with E-state index in [4.69, 9.17) is 4.74 Å². The van der Waals surface area contributed by atoms with E-state index < -0.39 is 0 Å². The molecule has 5 nitrogen and oxygen atoms in total. The van der Waals surface area contributed by atoms with Crippen LogP contribution in [0, 0.1) is 0 Å². The van der Waals surface area contributed by atoms with E-state index in [2.05, 4.69) is 20.2 Å². The molecule has 0 bridgehead atoms. The van der Waals surface area contributed by atoms with E-state index in [0.29, 0.717) is 0 Å². The highest BCUT2D eigenvalue weighted by molar-refractivity contribution is 7.19. The maximum absolute atomic E-state index is 5.39. The standard InChI is InChI=1S/C17H24N4OS/c1-2-5-14-13(4-1)15-16(19-12-20-17(15)23-14)18-6-3-7-21-8-10-22-11-9-21/h12H,1-11H2,(H,18,19,20). The number of ether oxygens (including phenoxy) is 1. The first-order chi connectivity index (χ1) is 11.4. The summed E-state index contributed by atoms with van der Waals surface area (Å²) in [5.41, 5.74) is 1.51. The van der Waals surface area contributed by atoms with Gasteiger partial charge in [0, 0.05) is 24.5 Å². The fourth-order valence-electron chi connectivity index (χ4n) is 3.56. The Bertz CT molecular complexity index is 666. The molecule has 1 aliphatic heterocycles. The zero-order valence-corrected chi connectivity index (χ0v) is 14.3. The van der Waals surface area contributed by atoms with Crippen molar-refractivity contribution in [2.75, 3.05) is 44.7 Å². The molecule has 0 radical (unpaired) electrons. The summed E-state index contributed by atoms with van der Waals surface area (Å²) in [5.74, 6) is 1.04. The van der Waals surface area contributed by atoms with Crippen molar-refractivity contribution in [1.82, 2.24) is 14.9 Å². The Kier molecular flexibility index (Phi) is 4.73. The average Bonchev–Trinajstić information content (AvgIpc) is 2.99. The quantitative estimate of drug-likeness (QED) is 0.853. The summed E-state index contributed by atoms with van der Waals surface area (Å²) < 4.78 is 5.39. The van der Waals surface area contributed by atoms with Crippen LogP contribution in [0.1, 0.15) is 29.7 Å². The molecule has 6 heteroatoms.